The van der Waals surface area contributed by atoms with Crippen LogP contribution in [0.3, 0.4) is 0 Å². The fourth-order valence-electron chi connectivity index (χ4n) is 3.99. The number of hydrogen-bond acceptors (Lipinski definition) is 3. The van der Waals surface area contributed by atoms with Gasteiger partial charge in [-0.25, -0.2) is 0 Å². The maximum atomic E-state index is 9.00. The van der Waals surface area contributed by atoms with Crippen molar-refractivity contribution in [2.75, 3.05) is 4.90 Å². The van der Waals surface area contributed by atoms with E-state index in [0.29, 0.717) is 12.0 Å². The molecule has 1 aliphatic rings. The molecule has 2 rings (SSSR count). The molecule has 0 spiro atoms. The van der Waals surface area contributed by atoms with E-state index in [1.54, 1.807) is 6.08 Å². The third kappa shape index (κ3) is 3.10. The van der Waals surface area contributed by atoms with E-state index >= 15 is 0 Å². The average molecular weight is 307 g/mol. The highest BCUT2D eigenvalue weighted by molar-refractivity contribution is 5.71. The molecule has 0 unspecified atom stereocenters. The maximum absolute atomic E-state index is 9.00. The molecular weight excluding hydrogens is 282 g/mol. The molecule has 1 heterocycles. The van der Waals surface area contributed by atoms with Gasteiger partial charge >= 0.3 is 0 Å². The zero-order chi connectivity index (χ0) is 17.4. The summed E-state index contributed by atoms with van der Waals surface area (Å²) in [4.78, 5) is 2.50. The van der Waals surface area contributed by atoms with Crippen LogP contribution < -0.4 is 4.90 Å². The minimum absolute atomic E-state index is 0.120. The van der Waals surface area contributed by atoms with Gasteiger partial charge in [0.05, 0.1) is 0 Å². The highest BCUT2D eigenvalue weighted by atomic mass is 15.2. The third-order valence-electron chi connectivity index (χ3n) is 4.72. The van der Waals surface area contributed by atoms with Crippen LogP contribution in [0.5, 0.6) is 0 Å². The Hall–Kier alpha value is -2.26. The van der Waals surface area contributed by atoms with Crippen molar-refractivity contribution in [3.63, 3.8) is 0 Å². The second-order valence-electron chi connectivity index (χ2n) is 7.43. The maximum Gasteiger partial charge on any atom is 0.130 e. The highest BCUT2D eigenvalue weighted by Crippen LogP contribution is 2.45. The van der Waals surface area contributed by atoms with Crippen molar-refractivity contribution < 1.29 is 0 Å². The van der Waals surface area contributed by atoms with Crippen LogP contribution in [0.2, 0.25) is 0 Å². The fraction of sp³-hybridized carbons (Fsp3) is 0.500. The molecule has 0 N–H and O–H groups in total. The van der Waals surface area contributed by atoms with Crippen LogP contribution in [0, 0.1) is 29.6 Å². The summed E-state index contributed by atoms with van der Waals surface area (Å²) in [5.74, 6) is 0.454. The van der Waals surface area contributed by atoms with Crippen LogP contribution in [-0.4, -0.2) is 11.6 Å². The summed E-state index contributed by atoms with van der Waals surface area (Å²) < 4.78 is 0. The average Bonchev–Trinajstić information content (AvgIpc) is 2.44. The Labute approximate surface area is 139 Å². The Balaban J connectivity index is 2.65. The van der Waals surface area contributed by atoms with E-state index in [9.17, 15) is 0 Å². The molecular formula is C20H25N3. The van der Waals surface area contributed by atoms with Gasteiger partial charge < -0.3 is 4.90 Å². The summed E-state index contributed by atoms with van der Waals surface area (Å²) in [6, 6.07) is 8.69. The number of aryl methyl sites for hydroxylation is 1. The molecule has 1 aromatic rings. The number of nitrogens with zero attached hydrogens (tertiary/aromatic N) is 3. The highest BCUT2D eigenvalue weighted by Gasteiger charge is 2.37. The van der Waals surface area contributed by atoms with Gasteiger partial charge in [0, 0.05) is 17.3 Å². The topological polar surface area (TPSA) is 50.8 Å². The van der Waals surface area contributed by atoms with E-state index in [-0.39, 0.29) is 11.1 Å². The molecule has 1 aliphatic heterocycles. The normalized spacial score (nSPS) is 18.8. The quantitative estimate of drug-likeness (QED) is 0.728. The first-order valence-electron chi connectivity index (χ1n) is 8.17. The molecule has 1 atom stereocenters. The molecule has 0 fully saturated rings. The van der Waals surface area contributed by atoms with Crippen LogP contribution in [0.15, 0.2) is 17.7 Å². The standard InChI is InChI=1S/C20H25N3/c1-13(2)23-19-7-14(3)17(8-16(11-21)12-22)9-18(19)15(4)10-20(23,5)6/h7-9,13,15H,10H2,1-6H3/t15-/m0/s1. The van der Waals surface area contributed by atoms with Crippen molar-refractivity contribution >= 4 is 11.8 Å². The Bertz CT molecular complexity index is 710. The van der Waals surface area contributed by atoms with Gasteiger partial charge in [-0.1, -0.05) is 6.92 Å². The Morgan fingerprint density at radius 3 is 2.43 bits per heavy atom. The second-order valence-corrected chi connectivity index (χ2v) is 7.43. The lowest BCUT2D eigenvalue weighted by Crippen LogP contribution is -2.51. The number of benzene rings is 1. The van der Waals surface area contributed by atoms with Gasteiger partial charge in [-0.3, -0.25) is 0 Å². The molecule has 0 bridgehead atoms. The van der Waals surface area contributed by atoms with Crippen LogP contribution in [0.4, 0.5) is 5.69 Å². The molecule has 120 valence electrons. The largest absolute Gasteiger partial charge is 0.364 e. The Morgan fingerprint density at radius 1 is 1.30 bits per heavy atom. The van der Waals surface area contributed by atoms with Gasteiger partial charge in [-0.2, -0.15) is 10.5 Å². The van der Waals surface area contributed by atoms with Gasteiger partial charge in [-0.15, -0.1) is 0 Å². The molecule has 0 aliphatic carbocycles. The van der Waals surface area contributed by atoms with Crippen LogP contribution >= 0.6 is 0 Å². The van der Waals surface area contributed by atoms with Crippen LogP contribution in [0.1, 0.15) is 63.6 Å². The lowest BCUT2D eigenvalue weighted by molar-refractivity contribution is 0.356. The van der Waals surface area contributed by atoms with E-state index in [1.165, 1.54) is 11.3 Å². The first kappa shape index (κ1) is 17.1. The Kier molecular flexibility index (Phi) is 4.53. The van der Waals surface area contributed by atoms with Crippen molar-refractivity contribution in [2.24, 2.45) is 0 Å². The smallest absolute Gasteiger partial charge is 0.130 e. The zero-order valence-electron chi connectivity index (χ0n) is 14.9. The minimum atomic E-state index is 0.120. The van der Waals surface area contributed by atoms with E-state index < -0.39 is 0 Å². The van der Waals surface area contributed by atoms with Crippen molar-refractivity contribution in [1.29, 1.82) is 10.5 Å². The molecule has 1 aromatic carbocycles. The number of hydrogen-bond donors (Lipinski definition) is 0. The number of anilines is 1. The molecule has 0 aromatic heterocycles. The summed E-state index contributed by atoms with van der Waals surface area (Å²) in [5, 5.41) is 18.0. The van der Waals surface area contributed by atoms with Crippen LogP contribution in [-0.2, 0) is 0 Å². The zero-order valence-corrected chi connectivity index (χ0v) is 14.9. The van der Waals surface area contributed by atoms with Gasteiger partial charge in [0.1, 0.15) is 17.7 Å². The van der Waals surface area contributed by atoms with Crippen molar-refractivity contribution in [1.82, 2.24) is 0 Å². The summed E-state index contributed by atoms with van der Waals surface area (Å²) in [6.07, 6.45) is 2.79. The van der Waals surface area contributed by atoms with E-state index in [4.69, 9.17) is 10.5 Å². The number of nitriles is 2. The fourth-order valence-corrected chi connectivity index (χ4v) is 3.99. The first-order valence-corrected chi connectivity index (χ1v) is 8.17. The van der Waals surface area contributed by atoms with Gasteiger partial charge in [0.25, 0.3) is 0 Å². The molecule has 0 radical (unpaired) electrons. The molecule has 3 heteroatoms. The first-order chi connectivity index (χ1) is 10.7. The predicted molar refractivity (Wildman–Crippen MR) is 95.1 cm³/mol. The van der Waals surface area contributed by atoms with Crippen molar-refractivity contribution in [2.45, 2.75) is 65.5 Å². The summed E-state index contributed by atoms with van der Waals surface area (Å²) in [6.45, 7) is 13.4. The van der Waals surface area contributed by atoms with Gasteiger partial charge in [-0.05, 0) is 81.9 Å². The minimum Gasteiger partial charge on any atom is -0.364 e. The van der Waals surface area contributed by atoms with Crippen LogP contribution in [0.25, 0.3) is 6.08 Å². The monoisotopic (exact) mass is 307 g/mol. The molecule has 23 heavy (non-hydrogen) atoms. The van der Waals surface area contributed by atoms with E-state index in [0.717, 1.165) is 17.5 Å². The molecule has 0 saturated heterocycles. The molecule has 0 saturated carbocycles. The lowest BCUT2D eigenvalue weighted by Gasteiger charge is -2.50. The number of allylic oxidation sites excluding steroid dienone is 1. The summed E-state index contributed by atoms with van der Waals surface area (Å²) >= 11 is 0. The predicted octanol–water partition coefficient (Wildman–Crippen LogP) is 4.93. The Morgan fingerprint density at radius 2 is 1.91 bits per heavy atom. The SMILES string of the molecule is Cc1cc2c(cc1C=C(C#N)C#N)[C@@H](C)CC(C)(C)N2C(C)C. The number of rotatable bonds is 2. The molecule has 3 nitrogen and oxygen atoms in total. The van der Waals surface area contributed by atoms with Gasteiger partial charge in [0.2, 0.25) is 0 Å². The van der Waals surface area contributed by atoms with E-state index in [2.05, 4.69) is 51.7 Å². The second kappa shape index (κ2) is 6.09. The summed E-state index contributed by atoms with van der Waals surface area (Å²) in [7, 11) is 0. The number of fused-ring (bicyclic) bond motifs is 1. The third-order valence-corrected chi connectivity index (χ3v) is 4.72. The van der Waals surface area contributed by atoms with E-state index in [1.807, 2.05) is 19.1 Å². The summed E-state index contributed by atoms with van der Waals surface area (Å²) in [5.41, 5.74) is 4.94. The lowest BCUT2D eigenvalue weighted by atomic mass is 9.78. The van der Waals surface area contributed by atoms with Crippen molar-refractivity contribution in [3.05, 3.63) is 34.4 Å². The molecule has 0 amide bonds. The van der Waals surface area contributed by atoms with Gasteiger partial charge in [0.15, 0.2) is 0 Å². The van der Waals surface area contributed by atoms with Crippen molar-refractivity contribution in [3.8, 4) is 12.1 Å².